The molecule has 2 heterocycles. The number of aromatic amines is 1. The molecule has 0 amide bonds. The first-order valence-corrected chi connectivity index (χ1v) is 4.49. The van der Waals surface area contributed by atoms with Gasteiger partial charge in [-0.05, 0) is 18.2 Å². The summed E-state index contributed by atoms with van der Waals surface area (Å²) in [5, 5.41) is 18.2. The predicted octanol–water partition coefficient (Wildman–Crippen LogP) is 1.55. The molecule has 16 heavy (non-hydrogen) atoms. The Morgan fingerprint density at radius 3 is 3.12 bits per heavy atom. The normalized spacial score (nSPS) is 11.3. The maximum atomic E-state index is 10.7. The predicted molar refractivity (Wildman–Crippen MR) is 57.3 cm³/mol. The molecule has 2 N–H and O–H groups in total. The third-order valence-corrected chi connectivity index (χ3v) is 2.13. The first-order chi connectivity index (χ1) is 7.72. The van der Waals surface area contributed by atoms with Crippen LogP contribution in [0.25, 0.3) is 17.1 Å². The molecule has 0 aliphatic rings. The van der Waals surface area contributed by atoms with Gasteiger partial charge in [-0.3, -0.25) is 0 Å². The van der Waals surface area contributed by atoms with E-state index in [9.17, 15) is 4.79 Å². The molecule has 78 valence electrons. The fraction of sp³-hybridized carbons (Fsp3) is 0. The van der Waals surface area contributed by atoms with Gasteiger partial charge >= 0.3 is 5.97 Å². The van der Waals surface area contributed by atoms with Crippen LogP contribution in [0.15, 0.2) is 30.1 Å². The highest BCUT2D eigenvalue weighted by atomic mass is 16.4. The SMILES string of the molecule is N#CC(=Cc1c[nH]c2ncccc12)C(=O)O. The van der Waals surface area contributed by atoms with Crippen molar-refractivity contribution in [2.75, 3.05) is 0 Å². The van der Waals surface area contributed by atoms with E-state index in [2.05, 4.69) is 9.97 Å². The minimum absolute atomic E-state index is 0.301. The second-order valence-electron chi connectivity index (χ2n) is 3.12. The third-order valence-electron chi connectivity index (χ3n) is 2.13. The molecule has 2 aromatic heterocycles. The van der Waals surface area contributed by atoms with Gasteiger partial charge in [0.15, 0.2) is 0 Å². The number of carboxylic acids is 1. The number of carboxylic acid groups (broad SMARTS) is 1. The topological polar surface area (TPSA) is 89.8 Å². The van der Waals surface area contributed by atoms with Crippen molar-refractivity contribution in [1.82, 2.24) is 9.97 Å². The van der Waals surface area contributed by atoms with Crippen molar-refractivity contribution in [3.8, 4) is 6.07 Å². The largest absolute Gasteiger partial charge is 0.477 e. The van der Waals surface area contributed by atoms with Gasteiger partial charge in [0.05, 0.1) is 0 Å². The summed E-state index contributed by atoms with van der Waals surface area (Å²) in [6.45, 7) is 0. The lowest BCUT2D eigenvalue weighted by Gasteiger charge is -1.91. The quantitative estimate of drug-likeness (QED) is 0.585. The van der Waals surface area contributed by atoms with Crippen molar-refractivity contribution in [2.45, 2.75) is 0 Å². The van der Waals surface area contributed by atoms with Crippen LogP contribution >= 0.6 is 0 Å². The van der Waals surface area contributed by atoms with E-state index in [4.69, 9.17) is 10.4 Å². The number of pyridine rings is 1. The highest BCUT2D eigenvalue weighted by Crippen LogP contribution is 2.18. The van der Waals surface area contributed by atoms with Gasteiger partial charge in [-0.2, -0.15) is 5.26 Å². The number of nitrogens with zero attached hydrogens (tertiary/aromatic N) is 2. The van der Waals surface area contributed by atoms with Crippen LogP contribution in [-0.2, 0) is 4.79 Å². The Labute approximate surface area is 90.7 Å². The highest BCUT2D eigenvalue weighted by molar-refractivity contribution is 5.99. The number of aliphatic carboxylic acids is 1. The van der Waals surface area contributed by atoms with Gasteiger partial charge in [0.1, 0.15) is 17.3 Å². The number of H-pyrrole nitrogens is 1. The second-order valence-corrected chi connectivity index (χ2v) is 3.12. The molecule has 5 nitrogen and oxygen atoms in total. The Morgan fingerprint density at radius 1 is 1.62 bits per heavy atom. The fourth-order valence-corrected chi connectivity index (χ4v) is 1.39. The number of hydrogen-bond acceptors (Lipinski definition) is 3. The van der Waals surface area contributed by atoms with E-state index in [0.717, 1.165) is 5.39 Å². The lowest BCUT2D eigenvalue weighted by molar-refractivity contribution is -0.132. The molecular formula is C11H7N3O2. The Morgan fingerprint density at radius 2 is 2.44 bits per heavy atom. The van der Waals surface area contributed by atoms with Gasteiger partial charge in [0.25, 0.3) is 0 Å². The summed E-state index contributed by atoms with van der Waals surface area (Å²) in [6.07, 6.45) is 4.58. The Kier molecular flexibility index (Phi) is 2.40. The first-order valence-electron chi connectivity index (χ1n) is 4.49. The van der Waals surface area contributed by atoms with Crippen LogP contribution in [0.4, 0.5) is 0 Å². The Hall–Kier alpha value is -2.61. The molecule has 0 aromatic carbocycles. The molecule has 2 aromatic rings. The summed E-state index contributed by atoms with van der Waals surface area (Å²) in [4.78, 5) is 17.6. The number of nitrogens with one attached hydrogen (secondary N) is 1. The fourth-order valence-electron chi connectivity index (χ4n) is 1.39. The molecule has 0 fully saturated rings. The summed E-state index contributed by atoms with van der Waals surface area (Å²) >= 11 is 0. The lowest BCUT2D eigenvalue weighted by Crippen LogP contribution is -1.96. The van der Waals surface area contributed by atoms with Gasteiger partial charge in [-0.1, -0.05) is 0 Å². The maximum Gasteiger partial charge on any atom is 0.346 e. The summed E-state index contributed by atoms with van der Waals surface area (Å²) < 4.78 is 0. The number of carbonyl (C=O) groups is 1. The molecule has 2 rings (SSSR count). The highest BCUT2D eigenvalue weighted by Gasteiger charge is 2.08. The van der Waals surface area contributed by atoms with E-state index in [1.165, 1.54) is 6.08 Å². The smallest absolute Gasteiger partial charge is 0.346 e. The molecule has 0 aliphatic heterocycles. The van der Waals surface area contributed by atoms with Crippen molar-refractivity contribution in [3.63, 3.8) is 0 Å². The summed E-state index contributed by atoms with van der Waals surface area (Å²) in [7, 11) is 0. The number of rotatable bonds is 2. The Bertz CT molecular complexity index is 619. The zero-order chi connectivity index (χ0) is 11.5. The van der Waals surface area contributed by atoms with Crippen molar-refractivity contribution in [1.29, 1.82) is 5.26 Å². The molecule has 5 heteroatoms. The van der Waals surface area contributed by atoms with E-state index >= 15 is 0 Å². The van der Waals surface area contributed by atoms with Gasteiger partial charge in [0, 0.05) is 23.3 Å². The van der Waals surface area contributed by atoms with Crippen LogP contribution in [0.1, 0.15) is 5.56 Å². The van der Waals surface area contributed by atoms with Gasteiger partial charge < -0.3 is 10.1 Å². The van der Waals surface area contributed by atoms with Crippen LogP contribution < -0.4 is 0 Å². The molecule has 0 aliphatic carbocycles. The number of aromatic nitrogens is 2. The molecule has 0 saturated carbocycles. The summed E-state index contributed by atoms with van der Waals surface area (Å²) in [5.41, 5.74) is 1.00. The third kappa shape index (κ3) is 1.64. The monoisotopic (exact) mass is 213 g/mol. The molecule has 0 saturated heterocycles. The molecule has 0 radical (unpaired) electrons. The zero-order valence-electron chi connectivity index (χ0n) is 8.14. The van der Waals surface area contributed by atoms with Crippen LogP contribution in [0, 0.1) is 11.3 Å². The molecule has 0 spiro atoms. The summed E-state index contributed by atoms with van der Waals surface area (Å²) in [6, 6.07) is 5.19. The van der Waals surface area contributed by atoms with E-state index < -0.39 is 5.97 Å². The second kappa shape index (κ2) is 3.87. The first kappa shape index (κ1) is 9.93. The number of nitriles is 1. The van der Waals surface area contributed by atoms with Crippen molar-refractivity contribution >= 4 is 23.1 Å². The molecule has 0 unspecified atom stereocenters. The number of hydrogen-bond donors (Lipinski definition) is 2. The maximum absolute atomic E-state index is 10.7. The van der Waals surface area contributed by atoms with E-state index in [1.54, 1.807) is 24.5 Å². The van der Waals surface area contributed by atoms with E-state index in [1.807, 2.05) is 6.07 Å². The molecule has 0 atom stereocenters. The average Bonchev–Trinajstić information content (AvgIpc) is 2.69. The van der Waals surface area contributed by atoms with Gasteiger partial charge in [-0.25, -0.2) is 9.78 Å². The Balaban J connectivity index is 2.57. The van der Waals surface area contributed by atoms with Gasteiger partial charge in [-0.15, -0.1) is 0 Å². The van der Waals surface area contributed by atoms with Crippen LogP contribution in [0.2, 0.25) is 0 Å². The lowest BCUT2D eigenvalue weighted by atomic mass is 10.1. The van der Waals surface area contributed by atoms with E-state index in [0.29, 0.717) is 11.2 Å². The molecule has 0 bridgehead atoms. The van der Waals surface area contributed by atoms with E-state index in [-0.39, 0.29) is 5.57 Å². The zero-order valence-corrected chi connectivity index (χ0v) is 8.14. The van der Waals surface area contributed by atoms with Crippen LogP contribution in [0.5, 0.6) is 0 Å². The van der Waals surface area contributed by atoms with Crippen molar-refractivity contribution in [2.24, 2.45) is 0 Å². The van der Waals surface area contributed by atoms with Crippen molar-refractivity contribution < 1.29 is 9.90 Å². The molecular weight excluding hydrogens is 206 g/mol. The summed E-state index contributed by atoms with van der Waals surface area (Å²) in [5.74, 6) is -1.24. The standard InChI is InChI=1S/C11H7N3O2/c12-5-7(11(15)16)4-8-6-14-10-9(8)2-1-3-13-10/h1-4,6H,(H,13,14)(H,15,16). The minimum atomic E-state index is -1.24. The van der Waals surface area contributed by atoms with Crippen LogP contribution in [0.3, 0.4) is 0 Å². The minimum Gasteiger partial charge on any atom is -0.477 e. The van der Waals surface area contributed by atoms with Gasteiger partial charge in [0.2, 0.25) is 0 Å². The average molecular weight is 213 g/mol. The van der Waals surface area contributed by atoms with Crippen molar-refractivity contribution in [3.05, 3.63) is 35.7 Å². The van der Waals surface area contributed by atoms with Crippen LogP contribution in [-0.4, -0.2) is 21.0 Å². The number of fused-ring (bicyclic) bond motifs is 1.